The van der Waals surface area contributed by atoms with Crippen molar-refractivity contribution in [3.8, 4) is 0 Å². The van der Waals surface area contributed by atoms with Crippen molar-refractivity contribution in [1.82, 2.24) is 14.7 Å². The number of primary amides is 1. The van der Waals surface area contributed by atoms with Gasteiger partial charge in [-0.05, 0) is 12.5 Å². The predicted octanol–water partition coefficient (Wildman–Crippen LogP) is -0.185. The number of carbonyl (C=O) groups is 2. The minimum Gasteiger partial charge on any atom is -0.369 e. The van der Waals surface area contributed by atoms with E-state index in [1.165, 1.54) is 0 Å². The Bertz CT molecular complexity index is 454. The molecular formula is C11H16N4O2. The van der Waals surface area contributed by atoms with E-state index in [9.17, 15) is 9.59 Å². The zero-order valence-electron chi connectivity index (χ0n) is 9.96. The van der Waals surface area contributed by atoms with Crippen molar-refractivity contribution in [1.29, 1.82) is 0 Å². The van der Waals surface area contributed by atoms with Crippen LogP contribution in [0, 0.1) is 5.92 Å². The van der Waals surface area contributed by atoms with Gasteiger partial charge < -0.3 is 10.6 Å². The maximum atomic E-state index is 11.7. The first-order valence-electron chi connectivity index (χ1n) is 5.55. The monoisotopic (exact) mass is 236 g/mol. The van der Waals surface area contributed by atoms with E-state index in [0.717, 1.165) is 5.69 Å². The van der Waals surface area contributed by atoms with Gasteiger partial charge in [-0.15, -0.1) is 0 Å². The van der Waals surface area contributed by atoms with Crippen LogP contribution in [0.1, 0.15) is 24.6 Å². The van der Waals surface area contributed by atoms with Crippen molar-refractivity contribution in [2.24, 2.45) is 18.7 Å². The van der Waals surface area contributed by atoms with Gasteiger partial charge >= 0.3 is 0 Å². The summed E-state index contributed by atoms with van der Waals surface area (Å²) in [6.07, 6.45) is 2.53. The highest BCUT2D eigenvalue weighted by Crippen LogP contribution is 2.34. The molecule has 0 radical (unpaired) electrons. The summed E-state index contributed by atoms with van der Waals surface area (Å²) >= 11 is 0. The van der Waals surface area contributed by atoms with Crippen LogP contribution in [0.4, 0.5) is 0 Å². The number of hydrogen-bond acceptors (Lipinski definition) is 3. The molecule has 0 aromatic carbocycles. The van der Waals surface area contributed by atoms with E-state index < -0.39 is 0 Å². The van der Waals surface area contributed by atoms with Crippen molar-refractivity contribution < 1.29 is 9.59 Å². The summed E-state index contributed by atoms with van der Waals surface area (Å²) in [4.78, 5) is 24.8. The standard InChI is InChI=1S/C11H16N4O2/c1-14-9(16)4-3-7(11(12)17)10(14)8-5-6-13-15(8)2/h5-7,10H,3-4H2,1-2H3,(H2,12,17). The largest absolute Gasteiger partial charge is 0.369 e. The molecule has 0 bridgehead atoms. The number of piperidine rings is 1. The molecule has 92 valence electrons. The SMILES string of the molecule is CN1C(=O)CCC(C(N)=O)C1c1ccnn1C. The van der Waals surface area contributed by atoms with Crippen LogP contribution in [0.15, 0.2) is 12.3 Å². The van der Waals surface area contributed by atoms with Gasteiger partial charge in [-0.1, -0.05) is 0 Å². The normalized spacial score (nSPS) is 25.1. The van der Waals surface area contributed by atoms with E-state index in [0.29, 0.717) is 12.8 Å². The average Bonchev–Trinajstić information content (AvgIpc) is 2.68. The Morgan fingerprint density at radius 1 is 1.53 bits per heavy atom. The van der Waals surface area contributed by atoms with Crippen LogP contribution < -0.4 is 5.73 Å². The zero-order chi connectivity index (χ0) is 12.6. The molecule has 2 unspecified atom stereocenters. The molecule has 1 fully saturated rings. The number of aryl methyl sites for hydroxylation is 1. The number of nitrogens with two attached hydrogens (primary N) is 1. The first-order chi connectivity index (χ1) is 8.02. The predicted molar refractivity (Wildman–Crippen MR) is 60.6 cm³/mol. The Morgan fingerprint density at radius 3 is 2.76 bits per heavy atom. The van der Waals surface area contributed by atoms with Gasteiger partial charge in [0.15, 0.2) is 0 Å². The topological polar surface area (TPSA) is 81.2 Å². The van der Waals surface area contributed by atoms with Crippen molar-refractivity contribution in [3.63, 3.8) is 0 Å². The molecule has 2 atom stereocenters. The van der Waals surface area contributed by atoms with Crippen LogP contribution in [0.2, 0.25) is 0 Å². The summed E-state index contributed by atoms with van der Waals surface area (Å²) in [6, 6.07) is 1.51. The third-order valence-electron chi connectivity index (χ3n) is 3.39. The van der Waals surface area contributed by atoms with Crippen LogP contribution in [0.5, 0.6) is 0 Å². The van der Waals surface area contributed by atoms with Crippen LogP contribution in [0.3, 0.4) is 0 Å². The maximum absolute atomic E-state index is 11.7. The number of aromatic nitrogens is 2. The van der Waals surface area contributed by atoms with Gasteiger partial charge in [-0.3, -0.25) is 14.3 Å². The lowest BCUT2D eigenvalue weighted by Crippen LogP contribution is -2.45. The second-order valence-electron chi connectivity index (χ2n) is 4.38. The van der Waals surface area contributed by atoms with Gasteiger partial charge in [0.1, 0.15) is 0 Å². The Kier molecular flexibility index (Phi) is 2.87. The number of carbonyl (C=O) groups excluding carboxylic acids is 2. The highest BCUT2D eigenvalue weighted by atomic mass is 16.2. The van der Waals surface area contributed by atoms with Crippen molar-refractivity contribution in [2.45, 2.75) is 18.9 Å². The lowest BCUT2D eigenvalue weighted by Gasteiger charge is -2.37. The summed E-state index contributed by atoms with van der Waals surface area (Å²) in [7, 11) is 3.50. The third kappa shape index (κ3) is 1.90. The smallest absolute Gasteiger partial charge is 0.223 e. The molecule has 2 amide bonds. The number of likely N-dealkylation sites (tertiary alicyclic amines) is 1. The quantitative estimate of drug-likeness (QED) is 0.773. The molecule has 1 aromatic rings. The molecule has 2 rings (SSSR count). The second kappa shape index (κ2) is 4.20. The first-order valence-corrected chi connectivity index (χ1v) is 5.55. The fraction of sp³-hybridized carbons (Fsp3) is 0.545. The van der Waals surface area contributed by atoms with Crippen LogP contribution >= 0.6 is 0 Å². The zero-order valence-corrected chi connectivity index (χ0v) is 9.96. The molecule has 1 saturated heterocycles. The van der Waals surface area contributed by atoms with Crippen LogP contribution in [-0.4, -0.2) is 33.5 Å². The molecule has 17 heavy (non-hydrogen) atoms. The van der Waals surface area contributed by atoms with E-state index in [1.807, 2.05) is 6.07 Å². The summed E-state index contributed by atoms with van der Waals surface area (Å²) in [5.41, 5.74) is 6.25. The lowest BCUT2D eigenvalue weighted by molar-refractivity contribution is -0.140. The van der Waals surface area contributed by atoms with Crippen LogP contribution in [0.25, 0.3) is 0 Å². The summed E-state index contributed by atoms with van der Waals surface area (Å²) in [6.45, 7) is 0. The fourth-order valence-corrected chi connectivity index (χ4v) is 2.41. The minimum atomic E-state index is -0.365. The molecule has 2 N–H and O–H groups in total. The lowest BCUT2D eigenvalue weighted by atomic mass is 9.86. The fourth-order valence-electron chi connectivity index (χ4n) is 2.41. The summed E-state index contributed by atoms with van der Waals surface area (Å²) in [5.74, 6) is -0.669. The molecule has 1 aliphatic heterocycles. The molecule has 1 aliphatic rings. The van der Waals surface area contributed by atoms with Gasteiger partial charge in [-0.2, -0.15) is 5.10 Å². The van der Waals surface area contributed by atoms with Gasteiger partial charge in [0.05, 0.1) is 17.7 Å². The van der Waals surface area contributed by atoms with Gasteiger partial charge in [0.25, 0.3) is 0 Å². The molecule has 0 spiro atoms. The van der Waals surface area contributed by atoms with Crippen molar-refractivity contribution in [3.05, 3.63) is 18.0 Å². The van der Waals surface area contributed by atoms with E-state index in [1.54, 1.807) is 29.9 Å². The Labute approximate surface area is 99.4 Å². The number of amides is 2. The Hall–Kier alpha value is -1.85. The number of rotatable bonds is 2. The third-order valence-corrected chi connectivity index (χ3v) is 3.39. The summed E-state index contributed by atoms with van der Waals surface area (Å²) in [5, 5.41) is 4.07. The summed E-state index contributed by atoms with van der Waals surface area (Å²) < 4.78 is 1.68. The molecule has 2 heterocycles. The second-order valence-corrected chi connectivity index (χ2v) is 4.38. The molecule has 0 saturated carbocycles. The highest BCUT2D eigenvalue weighted by molar-refractivity contribution is 5.83. The van der Waals surface area contributed by atoms with E-state index in [4.69, 9.17) is 5.73 Å². The minimum absolute atomic E-state index is 0.0358. The average molecular weight is 236 g/mol. The van der Waals surface area contributed by atoms with E-state index in [2.05, 4.69) is 5.10 Å². The number of nitrogens with zero attached hydrogens (tertiary/aromatic N) is 3. The van der Waals surface area contributed by atoms with E-state index in [-0.39, 0.29) is 23.8 Å². The Balaban J connectivity index is 2.40. The van der Waals surface area contributed by atoms with Gasteiger partial charge in [-0.25, -0.2) is 0 Å². The van der Waals surface area contributed by atoms with Gasteiger partial charge in [0, 0.05) is 26.7 Å². The molecule has 0 aliphatic carbocycles. The molecule has 6 heteroatoms. The highest BCUT2D eigenvalue weighted by Gasteiger charge is 2.39. The first kappa shape index (κ1) is 11.6. The Morgan fingerprint density at radius 2 is 2.24 bits per heavy atom. The van der Waals surface area contributed by atoms with Gasteiger partial charge in [0.2, 0.25) is 11.8 Å². The van der Waals surface area contributed by atoms with Crippen molar-refractivity contribution >= 4 is 11.8 Å². The maximum Gasteiger partial charge on any atom is 0.223 e. The molecule has 6 nitrogen and oxygen atoms in total. The van der Waals surface area contributed by atoms with Crippen molar-refractivity contribution in [2.75, 3.05) is 7.05 Å². The van der Waals surface area contributed by atoms with Crippen LogP contribution in [-0.2, 0) is 16.6 Å². The molecular weight excluding hydrogens is 220 g/mol. The van der Waals surface area contributed by atoms with E-state index >= 15 is 0 Å². The number of hydrogen-bond donors (Lipinski definition) is 1. The molecule has 1 aromatic heterocycles.